The number of carbonyl (C=O) groups excluding carboxylic acids is 2. The SMILES string of the molecule is CN(C)S(=O)(=O)c1cccc(C(=O)N2CCC[C@@]2(C(N)=O)[C@H](c2ccc(Cl)c(F)c2)C2CC2)c1. The number of rotatable bonds is 7. The summed E-state index contributed by atoms with van der Waals surface area (Å²) in [6.07, 6.45) is 2.56. The number of halogens is 2. The van der Waals surface area contributed by atoms with Crippen LogP contribution in [0.3, 0.4) is 0 Å². The summed E-state index contributed by atoms with van der Waals surface area (Å²) < 4.78 is 40.6. The second-order valence-electron chi connectivity index (χ2n) is 9.15. The fourth-order valence-electron chi connectivity index (χ4n) is 5.09. The Morgan fingerprint density at radius 2 is 1.91 bits per heavy atom. The van der Waals surface area contributed by atoms with E-state index in [1.165, 1.54) is 55.4 Å². The van der Waals surface area contributed by atoms with Crippen LogP contribution in [0.4, 0.5) is 4.39 Å². The van der Waals surface area contributed by atoms with Crippen LogP contribution in [0, 0.1) is 11.7 Å². The highest BCUT2D eigenvalue weighted by molar-refractivity contribution is 7.89. The van der Waals surface area contributed by atoms with E-state index in [2.05, 4.69) is 0 Å². The molecule has 4 rings (SSSR count). The van der Waals surface area contributed by atoms with Crippen molar-refractivity contribution in [2.45, 2.75) is 42.0 Å². The minimum atomic E-state index is -3.76. The molecule has 0 bridgehead atoms. The third-order valence-corrected chi connectivity index (χ3v) is 8.98. The summed E-state index contributed by atoms with van der Waals surface area (Å²) in [6.45, 7) is 0.283. The Kier molecular flexibility index (Phi) is 6.48. The lowest BCUT2D eigenvalue weighted by Crippen LogP contribution is -2.60. The molecule has 0 aromatic heterocycles. The molecule has 2 N–H and O–H groups in total. The average molecular weight is 508 g/mol. The van der Waals surface area contributed by atoms with E-state index in [0.29, 0.717) is 18.4 Å². The van der Waals surface area contributed by atoms with Crippen LogP contribution in [0.25, 0.3) is 0 Å². The van der Waals surface area contributed by atoms with Crippen LogP contribution in [-0.4, -0.2) is 55.6 Å². The lowest BCUT2D eigenvalue weighted by Gasteiger charge is -2.42. The topological polar surface area (TPSA) is 101 Å². The molecule has 7 nitrogen and oxygen atoms in total. The van der Waals surface area contributed by atoms with E-state index in [0.717, 1.165) is 17.1 Å². The maximum Gasteiger partial charge on any atom is 0.254 e. The number of benzene rings is 2. The van der Waals surface area contributed by atoms with Crippen molar-refractivity contribution in [1.29, 1.82) is 0 Å². The molecule has 1 heterocycles. The number of carbonyl (C=O) groups is 2. The zero-order chi connectivity index (χ0) is 24.8. The second-order valence-corrected chi connectivity index (χ2v) is 11.7. The minimum Gasteiger partial charge on any atom is -0.368 e. The first kappa shape index (κ1) is 24.6. The van der Waals surface area contributed by atoms with Gasteiger partial charge in [-0.05, 0) is 67.5 Å². The highest BCUT2D eigenvalue weighted by Gasteiger charge is 2.58. The Bertz CT molecular complexity index is 1250. The van der Waals surface area contributed by atoms with Gasteiger partial charge in [0.15, 0.2) is 0 Å². The number of nitrogens with two attached hydrogens (primary N) is 1. The molecule has 2 amide bonds. The van der Waals surface area contributed by atoms with Gasteiger partial charge in [0.1, 0.15) is 11.4 Å². The van der Waals surface area contributed by atoms with Crippen molar-refractivity contribution in [3.8, 4) is 0 Å². The molecule has 2 aromatic carbocycles. The van der Waals surface area contributed by atoms with Crippen LogP contribution < -0.4 is 5.73 Å². The van der Waals surface area contributed by atoms with Gasteiger partial charge >= 0.3 is 0 Å². The summed E-state index contributed by atoms with van der Waals surface area (Å²) >= 11 is 5.89. The zero-order valence-electron chi connectivity index (χ0n) is 19.0. The Morgan fingerprint density at radius 1 is 1.21 bits per heavy atom. The highest BCUT2D eigenvalue weighted by Crippen LogP contribution is 2.54. The van der Waals surface area contributed by atoms with Crippen LogP contribution >= 0.6 is 11.6 Å². The first-order chi connectivity index (χ1) is 16.0. The van der Waals surface area contributed by atoms with Gasteiger partial charge in [0, 0.05) is 32.1 Å². The average Bonchev–Trinajstić information content (AvgIpc) is 3.53. The number of primary amides is 1. The van der Waals surface area contributed by atoms with Crippen molar-refractivity contribution in [3.63, 3.8) is 0 Å². The van der Waals surface area contributed by atoms with Gasteiger partial charge in [-0.25, -0.2) is 17.1 Å². The van der Waals surface area contributed by atoms with Gasteiger partial charge < -0.3 is 10.6 Å². The number of nitrogens with zero attached hydrogens (tertiary/aromatic N) is 2. The van der Waals surface area contributed by atoms with Crippen molar-refractivity contribution in [3.05, 3.63) is 64.4 Å². The molecule has 34 heavy (non-hydrogen) atoms. The molecule has 2 fully saturated rings. The Balaban J connectivity index is 1.79. The zero-order valence-corrected chi connectivity index (χ0v) is 20.6. The van der Waals surface area contributed by atoms with Gasteiger partial charge in [-0.3, -0.25) is 9.59 Å². The lowest BCUT2D eigenvalue weighted by atomic mass is 9.73. The summed E-state index contributed by atoms with van der Waals surface area (Å²) in [6, 6.07) is 10.2. The molecule has 182 valence electrons. The Labute approximate surface area is 203 Å². The summed E-state index contributed by atoms with van der Waals surface area (Å²) in [5.74, 6) is -2.14. The van der Waals surface area contributed by atoms with E-state index in [1.807, 2.05) is 0 Å². The molecule has 0 spiro atoms. The van der Waals surface area contributed by atoms with Gasteiger partial charge in [0.2, 0.25) is 15.9 Å². The Morgan fingerprint density at radius 3 is 2.50 bits per heavy atom. The van der Waals surface area contributed by atoms with E-state index >= 15 is 0 Å². The van der Waals surface area contributed by atoms with Crippen molar-refractivity contribution >= 4 is 33.4 Å². The van der Waals surface area contributed by atoms with Crippen LogP contribution in [0.5, 0.6) is 0 Å². The van der Waals surface area contributed by atoms with Crippen LogP contribution in [-0.2, 0) is 14.8 Å². The van der Waals surface area contributed by atoms with Gasteiger partial charge in [0.25, 0.3) is 5.91 Å². The van der Waals surface area contributed by atoms with E-state index < -0.39 is 39.1 Å². The second kappa shape index (κ2) is 8.94. The van der Waals surface area contributed by atoms with Crippen LogP contribution in [0.15, 0.2) is 47.4 Å². The van der Waals surface area contributed by atoms with Crippen molar-refractivity contribution in [2.24, 2.45) is 11.7 Å². The predicted octanol–water partition coefficient (Wildman–Crippen LogP) is 3.38. The van der Waals surface area contributed by atoms with Gasteiger partial charge in [-0.15, -0.1) is 0 Å². The fourth-order valence-corrected chi connectivity index (χ4v) is 6.15. The third-order valence-electron chi connectivity index (χ3n) is 6.86. The highest BCUT2D eigenvalue weighted by atomic mass is 35.5. The maximum atomic E-state index is 14.4. The summed E-state index contributed by atoms with van der Waals surface area (Å²) in [5, 5.41) is -0.0234. The molecular formula is C24H27ClFN3O4S. The molecule has 1 saturated heterocycles. The number of likely N-dealkylation sites (tertiary alicyclic amines) is 1. The number of amides is 2. The number of sulfonamides is 1. The van der Waals surface area contributed by atoms with E-state index in [1.54, 1.807) is 6.07 Å². The first-order valence-electron chi connectivity index (χ1n) is 11.1. The molecule has 0 radical (unpaired) electrons. The fraction of sp³-hybridized carbons (Fsp3) is 0.417. The molecule has 0 unspecified atom stereocenters. The monoisotopic (exact) mass is 507 g/mol. The molecule has 2 aromatic rings. The van der Waals surface area contributed by atoms with Gasteiger partial charge in [-0.2, -0.15) is 0 Å². The predicted molar refractivity (Wildman–Crippen MR) is 126 cm³/mol. The van der Waals surface area contributed by atoms with E-state index in [4.69, 9.17) is 17.3 Å². The van der Waals surface area contributed by atoms with E-state index in [-0.39, 0.29) is 27.9 Å². The molecular weight excluding hydrogens is 481 g/mol. The molecule has 2 aliphatic rings. The van der Waals surface area contributed by atoms with E-state index in [9.17, 15) is 22.4 Å². The summed E-state index contributed by atoms with van der Waals surface area (Å²) in [4.78, 5) is 28.3. The van der Waals surface area contributed by atoms with Crippen molar-refractivity contribution < 1.29 is 22.4 Å². The van der Waals surface area contributed by atoms with Gasteiger partial charge in [-0.1, -0.05) is 23.7 Å². The molecule has 10 heteroatoms. The minimum absolute atomic E-state index is 0.0225. The van der Waals surface area contributed by atoms with Crippen LogP contribution in [0.1, 0.15) is 47.5 Å². The third kappa shape index (κ3) is 4.10. The largest absolute Gasteiger partial charge is 0.368 e. The van der Waals surface area contributed by atoms with Gasteiger partial charge in [0.05, 0.1) is 9.92 Å². The number of hydrogen-bond donors (Lipinski definition) is 1. The first-order valence-corrected chi connectivity index (χ1v) is 12.9. The van der Waals surface area contributed by atoms with Crippen LogP contribution in [0.2, 0.25) is 5.02 Å². The normalized spacial score (nSPS) is 21.6. The quantitative estimate of drug-likeness (QED) is 0.620. The van der Waals surface area contributed by atoms with Crippen molar-refractivity contribution in [1.82, 2.24) is 9.21 Å². The molecule has 2 atom stereocenters. The molecule has 1 aliphatic carbocycles. The smallest absolute Gasteiger partial charge is 0.254 e. The molecule has 1 aliphatic heterocycles. The van der Waals surface area contributed by atoms with Crippen molar-refractivity contribution in [2.75, 3.05) is 20.6 Å². The standard InChI is InChI=1S/C24H27ClFN3O4S/c1-28(2)34(32,33)18-6-3-5-17(13-18)22(30)29-12-4-11-24(29,23(27)31)21(15-7-8-15)16-9-10-19(25)20(26)14-16/h3,5-6,9-10,13-15,21H,4,7-8,11-12H2,1-2H3,(H2,27,31)/t21-,24-/m0/s1. The Hall–Kier alpha value is -2.49. The lowest BCUT2D eigenvalue weighted by molar-refractivity contribution is -0.129. The summed E-state index contributed by atoms with van der Waals surface area (Å²) in [7, 11) is -0.935. The summed E-state index contributed by atoms with van der Waals surface area (Å²) in [5.41, 5.74) is 5.36. The maximum absolute atomic E-state index is 14.4. The molecule has 1 saturated carbocycles. The number of hydrogen-bond acceptors (Lipinski definition) is 4.